The van der Waals surface area contributed by atoms with Gasteiger partial charge in [0.05, 0.1) is 0 Å². The van der Waals surface area contributed by atoms with E-state index in [1.807, 2.05) is 24.3 Å². The summed E-state index contributed by atoms with van der Waals surface area (Å²) in [5.74, 6) is 1.05. The summed E-state index contributed by atoms with van der Waals surface area (Å²) < 4.78 is 10.8. The normalized spacial score (nSPS) is 11.1. The molecule has 0 saturated carbocycles. The van der Waals surface area contributed by atoms with Crippen molar-refractivity contribution in [3.63, 3.8) is 0 Å². The van der Waals surface area contributed by atoms with E-state index in [9.17, 15) is 4.79 Å². The highest BCUT2D eigenvalue weighted by atomic mass is 16.7. The molecule has 0 bridgehead atoms. The third-order valence-corrected chi connectivity index (χ3v) is 8.89. The fraction of sp³-hybridized carbons (Fsp3) is 0.683. The molecule has 44 heavy (non-hydrogen) atoms. The van der Waals surface area contributed by atoms with Crippen LogP contribution in [0.25, 0.3) is 0 Å². The lowest BCUT2D eigenvalue weighted by molar-refractivity contribution is 0.152. The zero-order valence-electron chi connectivity index (χ0n) is 28.7. The Morgan fingerprint density at radius 1 is 0.386 bits per heavy atom. The van der Waals surface area contributed by atoms with Gasteiger partial charge in [0.15, 0.2) is 0 Å². The number of carbonyl (C=O) groups is 1. The minimum atomic E-state index is -0.688. The third kappa shape index (κ3) is 20.6. The molecular formula is C41H66O3. The van der Waals surface area contributed by atoms with Crippen molar-refractivity contribution in [3.05, 3.63) is 59.7 Å². The second-order valence-corrected chi connectivity index (χ2v) is 13.0. The number of hydrogen-bond donors (Lipinski definition) is 0. The molecule has 248 valence electrons. The zero-order valence-corrected chi connectivity index (χ0v) is 28.7. The topological polar surface area (TPSA) is 35.5 Å². The van der Waals surface area contributed by atoms with Crippen molar-refractivity contribution in [3.8, 4) is 11.5 Å². The second kappa shape index (κ2) is 27.1. The molecule has 0 aliphatic rings. The smallest absolute Gasteiger partial charge is 0.395 e. The summed E-state index contributed by atoms with van der Waals surface area (Å²) in [6, 6.07) is 15.7. The van der Waals surface area contributed by atoms with Crippen LogP contribution in [-0.2, 0) is 12.8 Å². The summed E-state index contributed by atoms with van der Waals surface area (Å²) in [5, 5.41) is 0. The van der Waals surface area contributed by atoms with Crippen LogP contribution in [0.15, 0.2) is 48.5 Å². The van der Waals surface area contributed by atoms with Crippen LogP contribution in [-0.4, -0.2) is 6.16 Å². The Bertz CT molecular complexity index is 842. The number of hydrogen-bond acceptors (Lipinski definition) is 3. The summed E-state index contributed by atoms with van der Waals surface area (Å²) in [4.78, 5) is 12.3. The van der Waals surface area contributed by atoms with Crippen LogP contribution in [0.2, 0.25) is 0 Å². The van der Waals surface area contributed by atoms with E-state index in [2.05, 4.69) is 38.1 Å². The van der Waals surface area contributed by atoms with E-state index in [0.717, 1.165) is 12.8 Å². The molecule has 2 aromatic rings. The lowest BCUT2D eigenvalue weighted by Crippen LogP contribution is -2.13. The van der Waals surface area contributed by atoms with Gasteiger partial charge in [0.2, 0.25) is 0 Å². The predicted octanol–water partition coefficient (Wildman–Crippen LogP) is 13.8. The van der Waals surface area contributed by atoms with Gasteiger partial charge in [-0.3, -0.25) is 0 Å². The first-order valence-electron chi connectivity index (χ1n) is 18.8. The maximum Gasteiger partial charge on any atom is 0.519 e. The van der Waals surface area contributed by atoms with Crippen LogP contribution in [0.3, 0.4) is 0 Å². The Hall–Kier alpha value is -2.29. The van der Waals surface area contributed by atoms with Crippen LogP contribution in [0.4, 0.5) is 4.79 Å². The van der Waals surface area contributed by atoms with Gasteiger partial charge in [-0.1, -0.05) is 179 Å². The highest BCUT2D eigenvalue weighted by Gasteiger charge is 2.08. The summed E-state index contributed by atoms with van der Waals surface area (Å²) in [6.07, 6.45) is 34.3. The van der Waals surface area contributed by atoms with E-state index in [0.29, 0.717) is 11.5 Å². The van der Waals surface area contributed by atoms with Gasteiger partial charge in [-0.15, -0.1) is 0 Å². The largest absolute Gasteiger partial charge is 0.519 e. The van der Waals surface area contributed by atoms with Crippen molar-refractivity contribution >= 4 is 6.16 Å². The lowest BCUT2D eigenvalue weighted by atomic mass is 10.0. The number of carbonyl (C=O) groups excluding carboxylic acids is 1. The monoisotopic (exact) mass is 607 g/mol. The fourth-order valence-electron chi connectivity index (χ4n) is 6.00. The fourth-order valence-corrected chi connectivity index (χ4v) is 6.00. The zero-order chi connectivity index (χ0) is 31.3. The lowest BCUT2D eigenvalue weighted by Gasteiger charge is -2.08. The third-order valence-electron chi connectivity index (χ3n) is 8.89. The average Bonchev–Trinajstić information content (AvgIpc) is 3.03. The van der Waals surface area contributed by atoms with E-state index >= 15 is 0 Å². The van der Waals surface area contributed by atoms with Crippen molar-refractivity contribution in [2.24, 2.45) is 0 Å². The van der Waals surface area contributed by atoms with Crippen LogP contribution in [0, 0.1) is 0 Å². The molecule has 0 amide bonds. The molecule has 0 aliphatic carbocycles. The number of unbranched alkanes of at least 4 members (excludes halogenated alkanes) is 22. The summed E-state index contributed by atoms with van der Waals surface area (Å²) >= 11 is 0. The highest BCUT2D eigenvalue weighted by molar-refractivity contribution is 5.67. The quantitative estimate of drug-likeness (QED) is 0.0549. The maximum absolute atomic E-state index is 12.3. The Kier molecular flexibility index (Phi) is 23.3. The standard InChI is InChI=1S/C41H66O3/c1-3-5-7-9-11-13-15-17-19-21-23-25-27-37-29-33-39(34-30-37)43-41(42)44-40-35-31-38(32-36-40)28-26-24-22-20-18-16-14-12-10-8-6-4-2/h29-36H,3-28H2,1-2H3. The maximum atomic E-state index is 12.3. The molecule has 0 saturated heterocycles. The number of aryl methyl sites for hydroxylation is 2. The predicted molar refractivity (Wildman–Crippen MR) is 189 cm³/mol. The van der Waals surface area contributed by atoms with Crippen molar-refractivity contribution in [2.45, 2.75) is 181 Å². The first-order valence-corrected chi connectivity index (χ1v) is 18.8. The summed E-state index contributed by atoms with van der Waals surface area (Å²) in [6.45, 7) is 4.56. The molecule has 0 aliphatic heterocycles. The Morgan fingerprint density at radius 3 is 0.909 bits per heavy atom. The van der Waals surface area contributed by atoms with E-state index in [-0.39, 0.29) is 0 Å². The van der Waals surface area contributed by atoms with E-state index in [1.165, 1.54) is 165 Å². The van der Waals surface area contributed by atoms with Gasteiger partial charge in [-0.25, -0.2) is 4.79 Å². The molecule has 0 spiro atoms. The Balaban J connectivity index is 1.47. The molecule has 0 unspecified atom stereocenters. The molecule has 2 rings (SSSR count). The van der Waals surface area contributed by atoms with Gasteiger partial charge in [-0.2, -0.15) is 0 Å². The second-order valence-electron chi connectivity index (χ2n) is 13.0. The van der Waals surface area contributed by atoms with Crippen LogP contribution in [0.1, 0.15) is 179 Å². The number of rotatable bonds is 28. The first-order chi connectivity index (χ1) is 21.7. The van der Waals surface area contributed by atoms with Crippen LogP contribution in [0.5, 0.6) is 11.5 Å². The van der Waals surface area contributed by atoms with Gasteiger partial charge in [0.25, 0.3) is 0 Å². The minimum absolute atomic E-state index is 0.525. The average molecular weight is 607 g/mol. The van der Waals surface area contributed by atoms with Gasteiger partial charge in [0, 0.05) is 0 Å². The molecule has 2 aromatic carbocycles. The summed E-state index contributed by atoms with van der Waals surface area (Å²) in [5.41, 5.74) is 2.59. The minimum Gasteiger partial charge on any atom is -0.395 e. The molecule has 3 heteroatoms. The molecule has 0 aromatic heterocycles. The van der Waals surface area contributed by atoms with Crippen LogP contribution >= 0.6 is 0 Å². The SMILES string of the molecule is CCCCCCCCCCCCCCc1ccc(OC(=O)Oc2ccc(CCCCCCCCCCCCCC)cc2)cc1. The Labute approximate surface area is 271 Å². The molecular weight excluding hydrogens is 540 g/mol. The number of benzene rings is 2. The van der Waals surface area contributed by atoms with E-state index in [4.69, 9.17) is 9.47 Å². The van der Waals surface area contributed by atoms with E-state index in [1.54, 1.807) is 0 Å². The van der Waals surface area contributed by atoms with E-state index < -0.39 is 6.16 Å². The van der Waals surface area contributed by atoms with Gasteiger partial charge in [-0.05, 0) is 61.1 Å². The first kappa shape index (κ1) is 37.9. The van der Waals surface area contributed by atoms with Gasteiger partial charge < -0.3 is 9.47 Å². The van der Waals surface area contributed by atoms with Gasteiger partial charge in [0.1, 0.15) is 11.5 Å². The molecule has 0 radical (unpaired) electrons. The molecule has 3 nitrogen and oxygen atoms in total. The molecule has 0 atom stereocenters. The van der Waals surface area contributed by atoms with Crippen LogP contribution < -0.4 is 9.47 Å². The Morgan fingerprint density at radius 2 is 0.636 bits per heavy atom. The number of ether oxygens (including phenoxy) is 2. The van der Waals surface area contributed by atoms with Gasteiger partial charge >= 0.3 is 6.16 Å². The molecule has 0 N–H and O–H groups in total. The van der Waals surface area contributed by atoms with Crippen molar-refractivity contribution in [1.82, 2.24) is 0 Å². The summed E-state index contributed by atoms with van der Waals surface area (Å²) in [7, 11) is 0. The van der Waals surface area contributed by atoms with Crippen molar-refractivity contribution < 1.29 is 14.3 Å². The van der Waals surface area contributed by atoms with Crippen molar-refractivity contribution in [2.75, 3.05) is 0 Å². The highest BCUT2D eigenvalue weighted by Crippen LogP contribution is 2.19. The van der Waals surface area contributed by atoms with Crippen molar-refractivity contribution in [1.29, 1.82) is 0 Å². The molecule has 0 heterocycles. The molecule has 0 fully saturated rings.